The van der Waals surface area contributed by atoms with Crippen molar-refractivity contribution < 1.29 is 0 Å². The highest BCUT2D eigenvalue weighted by atomic mass is 32.2. The minimum Gasteiger partial charge on any atom is -0.380 e. The zero-order valence-corrected chi connectivity index (χ0v) is 15.3. The molecule has 130 valence electrons. The number of aromatic nitrogens is 3. The van der Waals surface area contributed by atoms with Crippen LogP contribution in [0.25, 0.3) is 5.65 Å². The first kappa shape index (κ1) is 17.5. The standard InChI is InChI=1S/C18H22N6S/c1-4-16(20-3)17(10-19)25-23-7-5-14(6-8-23)15-11-24-18(9-13(15)2)21-12-22-24/h1,9-12,14,19-20H,5-8H2,2-3H3/b17-16+,19-10?. The van der Waals surface area contributed by atoms with Gasteiger partial charge in [0.2, 0.25) is 0 Å². The Labute approximate surface area is 152 Å². The second-order valence-electron chi connectivity index (χ2n) is 6.05. The number of rotatable bonds is 5. The zero-order valence-electron chi connectivity index (χ0n) is 14.5. The molecule has 2 aromatic heterocycles. The second-order valence-corrected chi connectivity index (χ2v) is 7.19. The summed E-state index contributed by atoms with van der Waals surface area (Å²) in [5.74, 6) is 3.13. The van der Waals surface area contributed by atoms with E-state index in [0.29, 0.717) is 11.6 Å². The smallest absolute Gasteiger partial charge is 0.155 e. The van der Waals surface area contributed by atoms with Crippen molar-refractivity contribution in [1.82, 2.24) is 24.2 Å². The first-order valence-corrected chi connectivity index (χ1v) is 9.05. The zero-order chi connectivity index (χ0) is 17.8. The number of hydrogen-bond donors (Lipinski definition) is 2. The number of terminal acetylenes is 1. The van der Waals surface area contributed by atoms with Gasteiger partial charge in [-0.2, -0.15) is 5.10 Å². The topological polar surface area (TPSA) is 69.3 Å². The summed E-state index contributed by atoms with van der Waals surface area (Å²) in [5, 5.41) is 14.8. The van der Waals surface area contributed by atoms with Crippen molar-refractivity contribution in [2.45, 2.75) is 25.7 Å². The van der Waals surface area contributed by atoms with Crippen LogP contribution in [-0.4, -0.2) is 45.3 Å². The molecular weight excluding hydrogens is 332 g/mol. The molecule has 1 aliphatic rings. The number of allylic oxidation sites excluding steroid dienone is 2. The van der Waals surface area contributed by atoms with Gasteiger partial charge in [-0.25, -0.2) is 13.8 Å². The predicted molar refractivity (Wildman–Crippen MR) is 103 cm³/mol. The van der Waals surface area contributed by atoms with Crippen molar-refractivity contribution in [3.63, 3.8) is 0 Å². The molecular formula is C18H22N6S. The van der Waals surface area contributed by atoms with Crippen LogP contribution in [0.4, 0.5) is 0 Å². The summed E-state index contributed by atoms with van der Waals surface area (Å²) in [4.78, 5) is 5.03. The van der Waals surface area contributed by atoms with Crippen LogP contribution in [0.2, 0.25) is 0 Å². The summed E-state index contributed by atoms with van der Waals surface area (Å²) in [5.41, 5.74) is 4.18. The van der Waals surface area contributed by atoms with Gasteiger partial charge in [0.25, 0.3) is 0 Å². The van der Waals surface area contributed by atoms with Gasteiger partial charge in [-0.15, -0.1) is 6.42 Å². The van der Waals surface area contributed by atoms with Crippen LogP contribution in [0.3, 0.4) is 0 Å². The lowest BCUT2D eigenvalue weighted by molar-refractivity contribution is 0.346. The lowest BCUT2D eigenvalue weighted by atomic mass is 9.89. The van der Waals surface area contributed by atoms with Gasteiger partial charge in [0.05, 0.1) is 4.91 Å². The molecule has 1 fully saturated rings. The van der Waals surface area contributed by atoms with Crippen molar-refractivity contribution in [2.75, 3.05) is 20.1 Å². The van der Waals surface area contributed by atoms with Gasteiger partial charge in [-0.05, 0) is 54.8 Å². The molecule has 7 heteroatoms. The van der Waals surface area contributed by atoms with Crippen LogP contribution in [0.15, 0.2) is 29.2 Å². The van der Waals surface area contributed by atoms with E-state index < -0.39 is 0 Å². The Kier molecular flexibility index (Phi) is 5.41. The van der Waals surface area contributed by atoms with E-state index in [1.54, 1.807) is 25.3 Å². The number of hydrogen-bond acceptors (Lipinski definition) is 6. The van der Waals surface area contributed by atoms with E-state index in [-0.39, 0.29) is 0 Å². The molecule has 0 unspecified atom stereocenters. The summed E-state index contributed by atoms with van der Waals surface area (Å²) in [6, 6.07) is 2.10. The molecule has 0 spiro atoms. The summed E-state index contributed by atoms with van der Waals surface area (Å²) >= 11 is 1.57. The summed E-state index contributed by atoms with van der Waals surface area (Å²) in [6.45, 7) is 4.07. The lowest BCUT2D eigenvalue weighted by Gasteiger charge is -2.32. The quantitative estimate of drug-likeness (QED) is 0.491. The van der Waals surface area contributed by atoms with Gasteiger partial charge in [0.15, 0.2) is 5.65 Å². The number of nitrogens with one attached hydrogen (secondary N) is 2. The van der Waals surface area contributed by atoms with Crippen LogP contribution in [0.1, 0.15) is 29.9 Å². The first-order valence-electron chi connectivity index (χ1n) is 8.28. The Balaban J connectivity index is 1.69. The lowest BCUT2D eigenvalue weighted by Crippen LogP contribution is -2.28. The number of pyridine rings is 1. The van der Waals surface area contributed by atoms with Gasteiger partial charge in [-0.1, -0.05) is 5.92 Å². The van der Waals surface area contributed by atoms with Crippen LogP contribution in [0, 0.1) is 24.7 Å². The molecule has 0 radical (unpaired) electrons. The van der Waals surface area contributed by atoms with Crippen molar-refractivity contribution in [2.24, 2.45) is 0 Å². The SMILES string of the molecule is C#C/C(NC)=C(/C=N)SN1CCC(c2cn3ncnc3cc2C)CC1. The number of aryl methyl sites for hydroxylation is 1. The minimum atomic E-state index is 0.522. The maximum Gasteiger partial charge on any atom is 0.155 e. The molecule has 0 bridgehead atoms. The van der Waals surface area contributed by atoms with Gasteiger partial charge >= 0.3 is 0 Å². The van der Waals surface area contributed by atoms with Crippen LogP contribution < -0.4 is 5.32 Å². The number of fused-ring (bicyclic) bond motifs is 1. The Hall–Kier alpha value is -2.30. The summed E-state index contributed by atoms with van der Waals surface area (Å²) in [7, 11) is 1.79. The van der Waals surface area contributed by atoms with Crippen molar-refractivity contribution in [3.8, 4) is 12.3 Å². The molecule has 1 saturated heterocycles. The third-order valence-electron chi connectivity index (χ3n) is 4.56. The Bertz CT molecular complexity index is 839. The fraction of sp³-hybridized carbons (Fsp3) is 0.389. The Morgan fingerprint density at radius 1 is 1.48 bits per heavy atom. The van der Waals surface area contributed by atoms with Gasteiger partial charge in [0, 0.05) is 32.5 Å². The number of piperidine rings is 1. The Morgan fingerprint density at radius 2 is 2.24 bits per heavy atom. The molecule has 3 heterocycles. The molecule has 25 heavy (non-hydrogen) atoms. The third-order valence-corrected chi connectivity index (χ3v) is 5.70. The fourth-order valence-corrected chi connectivity index (χ4v) is 4.18. The molecule has 0 atom stereocenters. The number of nitrogens with zero attached hydrogens (tertiary/aromatic N) is 4. The van der Waals surface area contributed by atoms with E-state index in [4.69, 9.17) is 11.8 Å². The second kappa shape index (κ2) is 7.72. The van der Waals surface area contributed by atoms with Gasteiger partial charge in [-0.3, -0.25) is 0 Å². The van der Waals surface area contributed by atoms with E-state index in [0.717, 1.165) is 36.5 Å². The molecule has 2 N–H and O–H groups in total. The Morgan fingerprint density at radius 3 is 2.88 bits per heavy atom. The van der Waals surface area contributed by atoms with Gasteiger partial charge in [0.1, 0.15) is 12.0 Å². The predicted octanol–water partition coefficient (Wildman–Crippen LogP) is 2.58. The molecule has 1 aliphatic heterocycles. The highest BCUT2D eigenvalue weighted by molar-refractivity contribution is 8.01. The van der Waals surface area contributed by atoms with Crippen molar-refractivity contribution >= 4 is 23.8 Å². The van der Waals surface area contributed by atoms with Gasteiger partial charge < -0.3 is 10.7 Å². The molecule has 0 aromatic carbocycles. The molecule has 3 rings (SSSR count). The summed E-state index contributed by atoms with van der Waals surface area (Å²) < 4.78 is 4.14. The normalized spacial score (nSPS) is 17.2. The highest BCUT2D eigenvalue weighted by Crippen LogP contribution is 2.34. The van der Waals surface area contributed by atoms with Crippen LogP contribution >= 0.6 is 11.9 Å². The van der Waals surface area contributed by atoms with E-state index in [1.165, 1.54) is 17.3 Å². The fourth-order valence-electron chi connectivity index (χ4n) is 3.21. The van der Waals surface area contributed by atoms with E-state index in [1.807, 2.05) is 4.52 Å². The van der Waals surface area contributed by atoms with Crippen molar-refractivity contribution in [3.05, 3.63) is 40.3 Å². The molecule has 0 amide bonds. The first-order chi connectivity index (χ1) is 12.2. The largest absolute Gasteiger partial charge is 0.380 e. The summed E-state index contributed by atoms with van der Waals surface area (Å²) in [6.07, 6.45) is 12.7. The average Bonchev–Trinajstić information content (AvgIpc) is 3.09. The maximum absolute atomic E-state index is 7.60. The highest BCUT2D eigenvalue weighted by Gasteiger charge is 2.24. The molecule has 2 aromatic rings. The maximum atomic E-state index is 7.60. The van der Waals surface area contributed by atoms with E-state index >= 15 is 0 Å². The third kappa shape index (κ3) is 3.70. The average molecular weight is 354 g/mol. The van der Waals surface area contributed by atoms with E-state index in [2.05, 4.69) is 44.8 Å². The molecule has 0 aliphatic carbocycles. The molecule has 0 saturated carbocycles. The van der Waals surface area contributed by atoms with E-state index in [9.17, 15) is 0 Å². The van der Waals surface area contributed by atoms with Crippen molar-refractivity contribution in [1.29, 1.82) is 5.41 Å². The van der Waals surface area contributed by atoms with Crippen LogP contribution in [0.5, 0.6) is 0 Å². The molecule has 6 nitrogen and oxygen atoms in total. The monoisotopic (exact) mass is 354 g/mol. The van der Waals surface area contributed by atoms with Crippen LogP contribution in [-0.2, 0) is 0 Å². The minimum absolute atomic E-state index is 0.522.